The van der Waals surface area contributed by atoms with Crippen molar-refractivity contribution in [2.75, 3.05) is 11.5 Å². The number of nitrogen functional groups attached to an aromatic ring is 2. The van der Waals surface area contributed by atoms with E-state index in [1.807, 2.05) is 31.2 Å². The first-order valence-corrected chi connectivity index (χ1v) is 4.62. The summed E-state index contributed by atoms with van der Waals surface area (Å²) in [5.41, 5.74) is 14.5. The highest BCUT2D eigenvalue weighted by Gasteiger charge is 2.03. The maximum Gasteiger partial charge on any atom is 0.169 e. The third kappa shape index (κ3) is 1.88. The van der Waals surface area contributed by atoms with Crippen LogP contribution in [0.1, 0.15) is 5.56 Å². The molecule has 0 saturated carbocycles. The first-order valence-electron chi connectivity index (χ1n) is 4.62. The summed E-state index contributed by atoms with van der Waals surface area (Å²) in [5.74, 6) is 0.270. The molecule has 2 rings (SSSR count). The number of aromatic nitrogens is 2. The zero-order valence-corrected chi connectivity index (χ0v) is 8.44. The average molecular weight is 200 g/mol. The lowest BCUT2D eigenvalue weighted by molar-refractivity contribution is 1.05. The number of aryl methyl sites for hydroxylation is 1. The first kappa shape index (κ1) is 9.45. The molecule has 0 spiro atoms. The topological polar surface area (TPSA) is 77.8 Å². The van der Waals surface area contributed by atoms with Crippen molar-refractivity contribution in [1.29, 1.82) is 0 Å². The number of hydrogen-bond donors (Lipinski definition) is 2. The Morgan fingerprint density at radius 2 is 1.87 bits per heavy atom. The Labute approximate surface area is 87.9 Å². The van der Waals surface area contributed by atoms with Gasteiger partial charge < -0.3 is 11.5 Å². The Morgan fingerprint density at radius 1 is 1.07 bits per heavy atom. The van der Waals surface area contributed by atoms with Crippen molar-refractivity contribution in [2.24, 2.45) is 0 Å². The van der Waals surface area contributed by atoms with Crippen LogP contribution in [-0.4, -0.2) is 10.2 Å². The van der Waals surface area contributed by atoms with E-state index in [1.54, 1.807) is 6.07 Å². The van der Waals surface area contributed by atoms with Gasteiger partial charge in [0, 0.05) is 5.56 Å². The molecule has 4 N–H and O–H groups in total. The minimum atomic E-state index is 0.270. The molecule has 1 aromatic carbocycles. The molecule has 0 amide bonds. The molecular weight excluding hydrogens is 188 g/mol. The summed E-state index contributed by atoms with van der Waals surface area (Å²) >= 11 is 0. The molecule has 4 heteroatoms. The van der Waals surface area contributed by atoms with Gasteiger partial charge in [0.25, 0.3) is 0 Å². The number of nitrogens with two attached hydrogens (primary N) is 2. The highest BCUT2D eigenvalue weighted by Crippen LogP contribution is 2.21. The standard InChI is InChI=1S/C11H12N4/c1-7-3-2-4-8(5-7)10-6-9(12)11(13)15-14-10/h2-6H,1H3,(H2,12,14)(H2,13,15). The van der Waals surface area contributed by atoms with Crippen LogP contribution in [0.25, 0.3) is 11.3 Å². The molecule has 0 fully saturated rings. The lowest BCUT2D eigenvalue weighted by Gasteiger charge is -2.03. The zero-order valence-electron chi connectivity index (χ0n) is 8.44. The molecule has 0 atom stereocenters. The molecule has 0 aliphatic carbocycles. The van der Waals surface area contributed by atoms with E-state index >= 15 is 0 Å². The van der Waals surface area contributed by atoms with Crippen molar-refractivity contribution in [3.63, 3.8) is 0 Å². The predicted molar refractivity (Wildman–Crippen MR) is 61.0 cm³/mol. The second-order valence-corrected chi connectivity index (χ2v) is 3.44. The van der Waals surface area contributed by atoms with Crippen LogP contribution < -0.4 is 11.5 Å². The fourth-order valence-corrected chi connectivity index (χ4v) is 1.36. The van der Waals surface area contributed by atoms with E-state index in [0.29, 0.717) is 5.69 Å². The first-order chi connectivity index (χ1) is 7.16. The molecule has 76 valence electrons. The van der Waals surface area contributed by atoms with E-state index in [4.69, 9.17) is 11.5 Å². The van der Waals surface area contributed by atoms with Gasteiger partial charge in [-0.2, -0.15) is 0 Å². The highest BCUT2D eigenvalue weighted by atomic mass is 15.1. The summed E-state index contributed by atoms with van der Waals surface area (Å²) in [5, 5.41) is 7.78. The van der Waals surface area contributed by atoms with E-state index in [0.717, 1.165) is 11.3 Å². The Morgan fingerprint density at radius 3 is 2.53 bits per heavy atom. The number of nitrogens with zero attached hydrogens (tertiary/aromatic N) is 2. The Bertz CT molecular complexity index is 494. The van der Waals surface area contributed by atoms with Crippen molar-refractivity contribution in [1.82, 2.24) is 10.2 Å². The summed E-state index contributed by atoms with van der Waals surface area (Å²) in [7, 11) is 0. The van der Waals surface area contributed by atoms with Crippen molar-refractivity contribution in [3.8, 4) is 11.3 Å². The molecule has 2 aromatic rings. The lowest BCUT2D eigenvalue weighted by atomic mass is 10.1. The van der Waals surface area contributed by atoms with Gasteiger partial charge in [0.2, 0.25) is 0 Å². The van der Waals surface area contributed by atoms with Crippen LogP contribution in [0.5, 0.6) is 0 Å². The summed E-state index contributed by atoms with van der Waals surface area (Å²) in [6, 6.07) is 9.72. The van der Waals surface area contributed by atoms with Crippen LogP contribution in [0.3, 0.4) is 0 Å². The third-order valence-corrected chi connectivity index (χ3v) is 2.17. The molecule has 1 heterocycles. The summed E-state index contributed by atoms with van der Waals surface area (Å²) in [6.45, 7) is 2.03. The highest BCUT2D eigenvalue weighted by molar-refractivity contribution is 5.68. The lowest BCUT2D eigenvalue weighted by Crippen LogP contribution is -2.00. The van der Waals surface area contributed by atoms with E-state index in [1.165, 1.54) is 5.56 Å². The predicted octanol–water partition coefficient (Wildman–Crippen LogP) is 1.62. The van der Waals surface area contributed by atoms with Gasteiger partial charge in [0.15, 0.2) is 5.82 Å². The molecule has 15 heavy (non-hydrogen) atoms. The van der Waals surface area contributed by atoms with Crippen LogP contribution in [-0.2, 0) is 0 Å². The second kappa shape index (κ2) is 3.57. The molecule has 0 aliphatic rings. The van der Waals surface area contributed by atoms with Gasteiger partial charge >= 0.3 is 0 Å². The number of anilines is 2. The van der Waals surface area contributed by atoms with E-state index in [2.05, 4.69) is 10.2 Å². The number of rotatable bonds is 1. The fraction of sp³-hybridized carbons (Fsp3) is 0.0909. The van der Waals surface area contributed by atoms with Gasteiger partial charge in [-0.15, -0.1) is 10.2 Å². The molecule has 0 bridgehead atoms. The van der Waals surface area contributed by atoms with Crippen molar-refractivity contribution >= 4 is 11.5 Å². The van der Waals surface area contributed by atoms with Gasteiger partial charge in [-0.25, -0.2) is 0 Å². The Balaban J connectivity index is 2.50. The smallest absolute Gasteiger partial charge is 0.169 e. The molecule has 0 saturated heterocycles. The van der Waals surface area contributed by atoms with Crippen LogP contribution in [0.4, 0.5) is 11.5 Å². The molecular formula is C11H12N4. The minimum absolute atomic E-state index is 0.270. The van der Waals surface area contributed by atoms with E-state index in [9.17, 15) is 0 Å². The molecule has 0 radical (unpaired) electrons. The van der Waals surface area contributed by atoms with Crippen LogP contribution in [0.15, 0.2) is 30.3 Å². The van der Waals surface area contributed by atoms with E-state index < -0.39 is 0 Å². The van der Waals surface area contributed by atoms with Gasteiger partial charge in [-0.3, -0.25) is 0 Å². The van der Waals surface area contributed by atoms with Gasteiger partial charge in [0.1, 0.15) is 0 Å². The monoisotopic (exact) mass is 200 g/mol. The van der Waals surface area contributed by atoms with Crippen LogP contribution >= 0.6 is 0 Å². The number of benzene rings is 1. The normalized spacial score (nSPS) is 10.2. The molecule has 0 unspecified atom stereocenters. The minimum Gasteiger partial charge on any atom is -0.396 e. The maximum atomic E-state index is 5.67. The molecule has 0 aliphatic heterocycles. The molecule has 1 aromatic heterocycles. The summed E-state index contributed by atoms with van der Waals surface area (Å²) in [4.78, 5) is 0. The quantitative estimate of drug-likeness (QED) is 0.733. The van der Waals surface area contributed by atoms with Gasteiger partial charge in [0.05, 0.1) is 11.4 Å². The number of hydrogen-bond acceptors (Lipinski definition) is 4. The Kier molecular flexibility index (Phi) is 2.25. The Hall–Kier alpha value is -2.10. The second-order valence-electron chi connectivity index (χ2n) is 3.44. The van der Waals surface area contributed by atoms with Crippen molar-refractivity contribution in [2.45, 2.75) is 6.92 Å². The average Bonchev–Trinajstić information content (AvgIpc) is 2.22. The van der Waals surface area contributed by atoms with Gasteiger partial charge in [-0.1, -0.05) is 23.8 Å². The fourth-order valence-electron chi connectivity index (χ4n) is 1.36. The van der Waals surface area contributed by atoms with Crippen LogP contribution in [0, 0.1) is 6.92 Å². The van der Waals surface area contributed by atoms with Crippen LogP contribution in [0.2, 0.25) is 0 Å². The summed E-state index contributed by atoms with van der Waals surface area (Å²) in [6.07, 6.45) is 0. The third-order valence-electron chi connectivity index (χ3n) is 2.17. The summed E-state index contributed by atoms with van der Waals surface area (Å²) < 4.78 is 0. The maximum absolute atomic E-state index is 5.67. The largest absolute Gasteiger partial charge is 0.396 e. The zero-order chi connectivity index (χ0) is 10.8. The van der Waals surface area contributed by atoms with Gasteiger partial charge in [-0.05, 0) is 19.1 Å². The van der Waals surface area contributed by atoms with Crippen molar-refractivity contribution < 1.29 is 0 Å². The SMILES string of the molecule is Cc1cccc(-c2cc(N)c(N)nn2)c1. The van der Waals surface area contributed by atoms with E-state index in [-0.39, 0.29) is 5.82 Å². The molecule has 4 nitrogen and oxygen atoms in total. The van der Waals surface area contributed by atoms with Crippen molar-refractivity contribution in [3.05, 3.63) is 35.9 Å².